The van der Waals surface area contributed by atoms with Crippen LogP contribution in [0.2, 0.25) is 0 Å². The quantitative estimate of drug-likeness (QED) is 0.0925. The highest BCUT2D eigenvalue weighted by Gasteiger charge is 2.24. The van der Waals surface area contributed by atoms with Gasteiger partial charge in [0, 0.05) is 38.8 Å². The van der Waals surface area contributed by atoms with Gasteiger partial charge in [0.2, 0.25) is 0 Å². The van der Waals surface area contributed by atoms with Crippen LogP contribution in [0.3, 0.4) is 0 Å². The average Bonchev–Trinajstić information content (AvgIpc) is 3.93. The summed E-state index contributed by atoms with van der Waals surface area (Å²) in [6.07, 6.45) is 27.7. The molecule has 0 unspecified atom stereocenters. The number of H-pyrrole nitrogens is 2. The van der Waals surface area contributed by atoms with Crippen LogP contribution < -0.4 is 0 Å². The number of hydrogen-bond acceptors (Lipinski definition) is 3. The number of hydrogen-bond donors (Lipinski definition) is 2. The van der Waals surface area contributed by atoms with Crippen molar-refractivity contribution in [1.82, 2.24) is 19.9 Å². The van der Waals surface area contributed by atoms with Crippen molar-refractivity contribution in [2.45, 2.75) is 163 Å². The smallest absolute Gasteiger partial charge is 0.187 e. The van der Waals surface area contributed by atoms with Gasteiger partial charge in [-0.15, -0.1) is 0 Å². The third-order valence-corrected chi connectivity index (χ3v) is 10.5. The lowest BCUT2D eigenvalue weighted by Gasteiger charge is -2.06. The number of Topliss-reactive ketones (excluding diaryl/α,β-unsaturated/α-hetero) is 1. The lowest BCUT2D eigenvalue weighted by atomic mass is 10.0. The van der Waals surface area contributed by atoms with Gasteiger partial charge in [0.15, 0.2) is 5.78 Å². The maximum atomic E-state index is 13.9. The summed E-state index contributed by atoms with van der Waals surface area (Å²) in [5, 5.41) is 0. The summed E-state index contributed by atoms with van der Waals surface area (Å²) in [5.74, 6) is 0.160. The Labute approximate surface area is 295 Å². The molecule has 5 rings (SSSR count). The zero-order valence-corrected chi connectivity index (χ0v) is 31.1. The van der Waals surface area contributed by atoms with Gasteiger partial charge in [0.1, 0.15) is 5.69 Å². The minimum Gasteiger partial charge on any atom is -0.355 e. The fourth-order valence-electron chi connectivity index (χ4n) is 7.61. The highest BCUT2D eigenvalue weighted by atomic mass is 16.1. The molecule has 8 bridgehead atoms. The van der Waals surface area contributed by atoms with Gasteiger partial charge in [-0.2, -0.15) is 0 Å². The van der Waals surface area contributed by atoms with Crippen LogP contribution in [0.4, 0.5) is 0 Å². The van der Waals surface area contributed by atoms with Crippen molar-refractivity contribution < 1.29 is 4.79 Å². The lowest BCUT2D eigenvalue weighted by Crippen LogP contribution is -2.02. The summed E-state index contributed by atoms with van der Waals surface area (Å²) in [6.45, 7) is 9.05. The molecule has 0 saturated heterocycles. The SMILES string of the molecule is CCCCCCc1c2nc(c(CCCCCC)c3ccc([nH]3)c(CCCCCC)c3nc(c(CCCCCC)c4ccc1[nH]4)CC3=O)C=C2. The van der Waals surface area contributed by atoms with Crippen molar-refractivity contribution >= 4 is 40.0 Å². The Morgan fingerprint density at radius 1 is 0.490 bits per heavy atom. The van der Waals surface area contributed by atoms with Gasteiger partial charge in [-0.1, -0.05) is 105 Å². The van der Waals surface area contributed by atoms with E-state index < -0.39 is 0 Å². The molecule has 2 aliphatic heterocycles. The first kappa shape index (κ1) is 36.8. The van der Waals surface area contributed by atoms with E-state index in [4.69, 9.17) is 9.97 Å². The number of nitrogens with zero attached hydrogens (tertiary/aromatic N) is 2. The van der Waals surface area contributed by atoms with Crippen LogP contribution >= 0.6 is 0 Å². The summed E-state index contributed by atoms with van der Waals surface area (Å²) in [7, 11) is 0. The average molecular weight is 663 g/mol. The molecular weight excluding hydrogens is 601 g/mol. The molecule has 0 aromatic carbocycles. The monoisotopic (exact) mass is 662 g/mol. The molecule has 0 atom stereocenters. The van der Waals surface area contributed by atoms with Crippen LogP contribution in [0.5, 0.6) is 0 Å². The second kappa shape index (κ2) is 19.1. The number of nitrogens with one attached hydrogen (secondary N) is 2. The standard InChI is InChI=1S/C44H62N4O/c1-5-9-13-17-21-32-36-25-26-37(45-36)33(22-18-14-10-6-2)39-29-30-41(47-39)35(24-20-16-12-8-4)44-43(49)31-42(48-44)34(23-19-15-11-7-3)40-28-27-38(32)46-40/h25-30,46-47H,5-24,31H2,1-4H3. The number of aromatic amines is 2. The maximum absolute atomic E-state index is 13.9. The number of unbranched alkanes of at least 4 members (excludes halogenated alkanes) is 12. The summed E-state index contributed by atoms with van der Waals surface area (Å²) in [5.41, 5.74) is 13.1. The summed E-state index contributed by atoms with van der Waals surface area (Å²) in [6, 6.07) is 8.91. The van der Waals surface area contributed by atoms with Gasteiger partial charge in [-0.05, 0) is 93.3 Å². The van der Waals surface area contributed by atoms with Gasteiger partial charge in [-0.3, -0.25) is 4.79 Å². The van der Waals surface area contributed by atoms with Crippen LogP contribution in [0.1, 0.15) is 180 Å². The number of carbonyl (C=O) groups excluding carboxylic acids is 1. The zero-order chi connectivity index (χ0) is 34.4. The molecule has 0 radical (unpaired) electrons. The molecule has 0 fully saturated rings. The number of rotatable bonds is 20. The topological polar surface area (TPSA) is 74.4 Å². The maximum Gasteiger partial charge on any atom is 0.187 e. The summed E-state index contributed by atoms with van der Waals surface area (Å²) in [4.78, 5) is 32.3. The van der Waals surface area contributed by atoms with E-state index in [0.29, 0.717) is 12.1 Å². The Hall–Kier alpha value is -3.47. The number of aryl methyl sites for hydroxylation is 4. The molecule has 0 spiro atoms. The largest absolute Gasteiger partial charge is 0.355 e. The van der Waals surface area contributed by atoms with Crippen molar-refractivity contribution in [3.8, 4) is 0 Å². The van der Waals surface area contributed by atoms with Gasteiger partial charge in [-0.25, -0.2) is 9.97 Å². The van der Waals surface area contributed by atoms with E-state index in [9.17, 15) is 4.79 Å². The van der Waals surface area contributed by atoms with Gasteiger partial charge in [0.05, 0.1) is 23.5 Å². The Balaban J connectivity index is 1.78. The molecule has 5 heterocycles. The third-order valence-electron chi connectivity index (χ3n) is 10.5. The first-order chi connectivity index (χ1) is 24.1. The van der Waals surface area contributed by atoms with Crippen molar-refractivity contribution in [1.29, 1.82) is 0 Å². The Morgan fingerprint density at radius 2 is 0.878 bits per heavy atom. The molecule has 0 saturated carbocycles. The molecular formula is C44H62N4O. The van der Waals surface area contributed by atoms with Gasteiger partial charge < -0.3 is 9.97 Å². The molecule has 264 valence electrons. The fourth-order valence-corrected chi connectivity index (χ4v) is 7.61. The summed E-state index contributed by atoms with van der Waals surface area (Å²) >= 11 is 0. The first-order valence-electron chi connectivity index (χ1n) is 20.0. The minimum atomic E-state index is 0.160. The van der Waals surface area contributed by atoms with E-state index in [1.165, 1.54) is 87.3 Å². The van der Waals surface area contributed by atoms with Crippen LogP contribution in [-0.4, -0.2) is 25.7 Å². The molecule has 5 nitrogen and oxygen atoms in total. The minimum absolute atomic E-state index is 0.160. The number of fused-ring (bicyclic) bond motifs is 8. The molecule has 3 aromatic heterocycles. The fraction of sp³-hybridized carbons (Fsp3) is 0.568. The third kappa shape index (κ3) is 9.61. The van der Waals surface area contributed by atoms with Crippen LogP contribution in [0, 0.1) is 0 Å². The predicted octanol–water partition coefficient (Wildman–Crippen LogP) is 12.4. The second-order valence-corrected chi connectivity index (χ2v) is 14.5. The van der Waals surface area contributed by atoms with Crippen molar-refractivity contribution in [3.05, 3.63) is 69.3 Å². The highest BCUT2D eigenvalue weighted by molar-refractivity contribution is 6.00. The van der Waals surface area contributed by atoms with E-state index >= 15 is 0 Å². The van der Waals surface area contributed by atoms with Gasteiger partial charge in [0.25, 0.3) is 0 Å². The number of carbonyl (C=O) groups is 1. The summed E-state index contributed by atoms with van der Waals surface area (Å²) < 4.78 is 0. The molecule has 2 N–H and O–H groups in total. The molecule has 2 aliphatic rings. The lowest BCUT2D eigenvalue weighted by molar-refractivity contribution is 0.0997. The Morgan fingerprint density at radius 3 is 1.33 bits per heavy atom. The molecule has 0 aliphatic carbocycles. The van der Waals surface area contributed by atoms with E-state index in [1.807, 2.05) is 0 Å². The predicted molar refractivity (Wildman–Crippen MR) is 209 cm³/mol. The van der Waals surface area contributed by atoms with Gasteiger partial charge >= 0.3 is 0 Å². The Kier molecular flexibility index (Phi) is 14.3. The molecule has 5 heteroatoms. The van der Waals surface area contributed by atoms with Crippen LogP contribution in [0.25, 0.3) is 34.2 Å². The normalized spacial score (nSPS) is 12.8. The van der Waals surface area contributed by atoms with Crippen molar-refractivity contribution in [2.75, 3.05) is 0 Å². The number of ketones is 1. The van der Waals surface area contributed by atoms with Crippen LogP contribution in [0.15, 0.2) is 24.3 Å². The molecule has 0 amide bonds. The molecule has 49 heavy (non-hydrogen) atoms. The Bertz CT molecular complexity index is 1720. The first-order valence-corrected chi connectivity index (χ1v) is 20.0. The van der Waals surface area contributed by atoms with E-state index in [2.05, 4.69) is 74.1 Å². The van der Waals surface area contributed by atoms with Crippen LogP contribution in [-0.2, 0) is 32.1 Å². The van der Waals surface area contributed by atoms with Crippen molar-refractivity contribution in [3.63, 3.8) is 0 Å². The van der Waals surface area contributed by atoms with E-state index in [-0.39, 0.29) is 5.78 Å². The number of aromatic nitrogens is 4. The van der Waals surface area contributed by atoms with E-state index in [0.717, 1.165) is 102 Å². The van der Waals surface area contributed by atoms with Crippen molar-refractivity contribution in [2.24, 2.45) is 0 Å². The zero-order valence-electron chi connectivity index (χ0n) is 31.1. The highest BCUT2D eigenvalue weighted by Crippen LogP contribution is 2.30. The second-order valence-electron chi connectivity index (χ2n) is 14.5. The molecule has 3 aromatic rings. The van der Waals surface area contributed by atoms with E-state index in [1.54, 1.807) is 0 Å².